The van der Waals surface area contributed by atoms with Crippen molar-refractivity contribution in [2.45, 2.75) is 12.2 Å². The van der Waals surface area contributed by atoms with Gasteiger partial charge in [0.2, 0.25) is 0 Å². The van der Waals surface area contributed by atoms with Crippen LogP contribution in [0.1, 0.15) is 5.56 Å². The van der Waals surface area contributed by atoms with Crippen molar-refractivity contribution in [3.05, 3.63) is 35.9 Å². The normalized spacial score (nSPS) is 12.1. The van der Waals surface area contributed by atoms with Crippen molar-refractivity contribution in [2.24, 2.45) is 5.73 Å². The molecule has 0 heterocycles. The van der Waals surface area contributed by atoms with Crippen molar-refractivity contribution in [1.29, 1.82) is 0 Å². The SMILES string of the molecule is NCOB[C@H](C=O)Cc1ccccc1. The fourth-order valence-corrected chi connectivity index (χ4v) is 1.28. The summed E-state index contributed by atoms with van der Waals surface area (Å²) in [5.74, 6) is -0.0963. The van der Waals surface area contributed by atoms with Gasteiger partial charge in [0.15, 0.2) is 0 Å². The molecule has 1 aromatic carbocycles. The minimum atomic E-state index is -0.0963. The quantitative estimate of drug-likeness (QED) is 0.404. The third kappa shape index (κ3) is 3.72. The Kier molecular flexibility index (Phi) is 4.97. The van der Waals surface area contributed by atoms with Gasteiger partial charge in [-0.05, 0) is 12.0 Å². The van der Waals surface area contributed by atoms with Crippen molar-refractivity contribution in [2.75, 3.05) is 6.73 Å². The zero-order valence-electron chi connectivity index (χ0n) is 8.06. The van der Waals surface area contributed by atoms with Gasteiger partial charge in [0.25, 0.3) is 7.48 Å². The van der Waals surface area contributed by atoms with E-state index in [9.17, 15) is 4.79 Å². The summed E-state index contributed by atoms with van der Waals surface area (Å²) in [7, 11) is 0.398. The van der Waals surface area contributed by atoms with E-state index >= 15 is 0 Å². The van der Waals surface area contributed by atoms with E-state index < -0.39 is 0 Å². The fraction of sp³-hybridized carbons (Fsp3) is 0.300. The first-order chi connectivity index (χ1) is 6.86. The molecule has 0 bridgehead atoms. The molecule has 0 radical (unpaired) electrons. The van der Waals surface area contributed by atoms with Crippen LogP contribution in [0.15, 0.2) is 30.3 Å². The molecule has 3 nitrogen and oxygen atoms in total. The summed E-state index contributed by atoms with van der Waals surface area (Å²) < 4.78 is 5.01. The monoisotopic (exact) mass is 191 g/mol. The number of aldehydes is 1. The van der Waals surface area contributed by atoms with Gasteiger partial charge in [-0.1, -0.05) is 30.3 Å². The van der Waals surface area contributed by atoms with E-state index in [2.05, 4.69) is 0 Å². The van der Waals surface area contributed by atoms with Gasteiger partial charge in [-0.2, -0.15) is 0 Å². The van der Waals surface area contributed by atoms with Crippen LogP contribution in [-0.2, 0) is 15.9 Å². The Labute approximate surface area is 84.5 Å². The van der Waals surface area contributed by atoms with Crippen LogP contribution >= 0.6 is 0 Å². The largest absolute Gasteiger partial charge is 0.427 e. The molecule has 1 aromatic rings. The molecule has 2 N–H and O–H groups in total. The number of benzene rings is 1. The maximum atomic E-state index is 10.7. The first-order valence-electron chi connectivity index (χ1n) is 4.64. The summed E-state index contributed by atoms with van der Waals surface area (Å²) in [6.45, 7) is 0.166. The molecule has 0 aromatic heterocycles. The maximum absolute atomic E-state index is 10.7. The Morgan fingerprint density at radius 3 is 2.71 bits per heavy atom. The van der Waals surface area contributed by atoms with Gasteiger partial charge in [-0.25, -0.2) is 0 Å². The highest BCUT2D eigenvalue weighted by Crippen LogP contribution is 2.10. The van der Waals surface area contributed by atoms with Crippen LogP contribution in [-0.4, -0.2) is 20.5 Å². The molecule has 14 heavy (non-hydrogen) atoms. The number of rotatable bonds is 6. The van der Waals surface area contributed by atoms with Crippen LogP contribution in [0.3, 0.4) is 0 Å². The summed E-state index contributed by atoms with van der Waals surface area (Å²) in [5, 5.41) is 0. The molecule has 0 spiro atoms. The van der Waals surface area contributed by atoms with Crippen molar-refractivity contribution in [1.82, 2.24) is 0 Å². The summed E-state index contributed by atoms with van der Waals surface area (Å²) in [6.07, 6.45) is 1.63. The molecule has 0 saturated heterocycles. The van der Waals surface area contributed by atoms with Crippen molar-refractivity contribution in [3.8, 4) is 0 Å². The van der Waals surface area contributed by atoms with E-state index in [0.717, 1.165) is 11.8 Å². The molecule has 0 saturated carbocycles. The topological polar surface area (TPSA) is 52.3 Å². The average Bonchev–Trinajstić information content (AvgIpc) is 2.25. The van der Waals surface area contributed by atoms with E-state index in [1.54, 1.807) is 0 Å². The van der Waals surface area contributed by atoms with E-state index in [1.165, 1.54) is 0 Å². The molecular formula is C10H14BNO2. The van der Waals surface area contributed by atoms with Gasteiger partial charge >= 0.3 is 0 Å². The van der Waals surface area contributed by atoms with Gasteiger partial charge in [0, 0.05) is 5.82 Å². The highest BCUT2D eigenvalue weighted by molar-refractivity contribution is 6.35. The van der Waals surface area contributed by atoms with Crippen LogP contribution < -0.4 is 5.73 Å². The average molecular weight is 191 g/mol. The molecule has 0 fully saturated rings. The number of carbonyl (C=O) groups excluding carboxylic acids is 1. The zero-order chi connectivity index (χ0) is 10.2. The lowest BCUT2D eigenvalue weighted by Gasteiger charge is -2.07. The molecule has 1 atom stereocenters. The summed E-state index contributed by atoms with van der Waals surface area (Å²) in [6, 6.07) is 9.87. The summed E-state index contributed by atoms with van der Waals surface area (Å²) in [5.41, 5.74) is 6.33. The smallest absolute Gasteiger partial charge is 0.287 e. The van der Waals surface area contributed by atoms with E-state index in [1.807, 2.05) is 30.3 Å². The van der Waals surface area contributed by atoms with E-state index in [0.29, 0.717) is 13.9 Å². The highest BCUT2D eigenvalue weighted by atomic mass is 16.4. The maximum Gasteiger partial charge on any atom is 0.287 e. The van der Waals surface area contributed by atoms with Gasteiger partial charge in [0.1, 0.15) is 6.29 Å². The van der Waals surface area contributed by atoms with Crippen molar-refractivity contribution >= 4 is 13.8 Å². The molecule has 0 unspecified atom stereocenters. The molecule has 0 amide bonds. The second-order valence-corrected chi connectivity index (χ2v) is 3.12. The van der Waals surface area contributed by atoms with E-state index in [4.69, 9.17) is 10.4 Å². The van der Waals surface area contributed by atoms with Gasteiger partial charge in [-0.3, -0.25) is 0 Å². The number of carbonyl (C=O) groups is 1. The van der Waals surface area contributed by atoms with Gasteiger partial charge in [-0.15, -0.1) is 0 Å². The number of hydrogen-bond donors (Lipinski definition) is 1. The van der Waals surface area contributed by atoms with Gasteiger partial charge in [0.05, 0.1) is 6.73 Å². The lowest BCUT2D eigenvalue weighted by Crippen LogP contribution is -2.16. The third-order valence-corrected chi connectivity index (χ3v) is 1.98. The molecule has 0 aliphatic heterocycles. The lowest BCUT2D eigenvalue weighted by atomic mass is 9.77. The van der Waals surface area contributed by atoms with Crippen LogP contribution in [0, 0.1) is 0 Å². The van der Waals surface area contributed by atoms with Crippen LogP contribution in [0.25, 0.3) is 0 Å². The Bertz CT molecular complexity index is 266. The zero-order valence-corrected chi connectivity index (χ0v) is 8.06. The predicted octanol–water partition coefficient (Wildman–Crippen LogP) is 0.501. The number of nitrogens with two attached hydrogens (primary N) is 1. The minimum absolute atomic E-state index is 0.0963. The molecule has 0 aliphatic carbocycles. The standard InChI is InChI=1S/C10H14BNO2/c12-8-14-11-10(7-13)6-9-4-2-1-3-5-9/h1-5,7,10-11H,6,8,12H2/t10-/m0/s1. The second kappa shape index (κ2) is 6.35. The van der Waals surface area contributed by atoms with Crippen molar-refractivity contribution in [3.63, 3.8) is 0 Å². The number of hydrogen-bond acceptors (Lipinski definition) is 3. The van der Waals surface area contributed by atoms with Gasteiger partial charge < -0.3 is 15.2 Å². The second-order valence-electron chi connectivity index (χ2n) is 3.12. The van der Waals surface area contributed by atoms with E-state index in [-0.39, 0.29) is 12.5 Å². The molecule has 4 heteroatoms. The summed E-state index contributed by atoms with van der Waals surface area (Å²) >= 11 is 0. The Hall–Kier alpha value is -1.13. The molecule has 74 valence electrons. The first kappa shape index (κ1) is 11.0. The highest BCUT2D eigenvalue weighted by Gasteiger charge is 2.10. The first-order valence-corrected chi connectivity index (χ1v) is 4.64. The minimum Gasteiger partial charge on any atom is -0.427 e. The fourth-order valence-electron chi connectivity index (χ4n) is 1.28. The Balaban J connectivity index is 2.44. The van der Waals surface area contributed by atoms with Crippen LogP contribution in [0.2, 0.25) is 5.82 Å². The molecule has 0 aliphatic rings. The predicted molar refractivity (Wildman–Crippen MR) is 57.2 cm³/mol. The Morgan fingerprint density at radius 1 is 1.43 bits per heavy atom. The molecular weight excluding hydrogens is 177 g/mol. The summed E-state index contributed by atoms with van der Waals surface area (Å²) in [4.78, 5) is 10.7. The van der Waals surface area contributed by atoms with Crippen LogP contribution in [0.4, 0.5) is 0 Å². The van der Waals surface area contributed by atoms with Crippen LogP contribution in [0.5, 0.6) is 0 Å². The Morgan fingerprint density at radius 2 is 2.14 bits per heavy atom. The lowest BCUT2D eigenvalue weighted by molar-refractivity contribution is -0.107. The molecule has 1 rings (SSSR count). The van der Waals surface area contributed by atoms with Crippen molar-refractivity contribution < 1.29 is 9.45 Å². The third-order valence-electron chi connectivity index (χ3n) is 1.98.